The molecule has 0 aromatic heterocycles. The van der Waals surface area contributed by atoms with Crippen molar-refractivity contribution in [2.24, 2.45) is 0 Å². The van der Waals surface area contributed by atoms with E-state index < -0.39 is 6.17 Å². The fraction of sp³-hybridized carbons (Fsp3) is 0.750. The summed E-state index contributed by atoms with van der Waals surface area (Å²) in [5.41, 5.74) is 0. The predicted octanol–water partition coefficient (Wildman–Crippen LogP) is 0.00277. The highest BCUT2D eigenvalue weighted by Crippen LogP contribution is 2.04. The van der Waals surface area contributed by atoms with E-state index in [2.05, 4.69) is 16.8 Å². The molecule has 1 saturated heterocycles. The first-order valence-corrected chi connectivity index (χ1v) is 3.96. The lowest BCUT2D eigenvalue weighted by Crippen LogP contribution is -2.47. The zero-order valence-electron chi connectivity index (χ0n) is 7.19. The van der Waals surface area contributed by atoms with E-state index in [-0.39, 0.29) is 0 Å². The van der Waals surface area contributed by atoms with Crippen molar-refractivity contribution < 1.29 is 0 Å². The molecule has 0 saturated carbocycles. The molecule has 4 heteroatoms. The second kappa shape index (κ2) is 4.06. The smallest absolute Gasteiger partial charge is 0.304 e. The van der Waals surface area contributed by atoms with E-state index in [1.807, 2.05) is 11.0 Å². The highest BCUT2D eigenvalue weighted by Gasteiger charge is 2.25. The van der Waals surface area contributed by atoms with Crippen LogP contribution < -0.4 is 0 Å². The molecule has 0 spiro atoms. The third-order valence-electron chi connectivity index (χ3n) is 2.12. The maximum Gasteiger partial charge on any atom is 0.365 e. The molecule has 0 aliphatic carbocycles. The Bertz CT molecular complexity index is 202. The first-order valence-electron chi connectivity index (χ1n) is 3.96. The zero-order valence-corrected chi connectivity index (χ0v) is 7.19. The number of hydrogen-bond acceptors (Lipinski definition) is 3. The van der Waals surface area contributed by atoms with Crippen LogP contribution in [0, 0.1) is 17.9 Å². The average molecular weight is 164 g/mol. The van der Waals surface area contributed by atoms with Crippen molar-refractivity contribution in [3.05, 3.63) is 11.4 Å². The number of piperazine rings is 1. The fourth-order valence-corrected chi connectivity index (χ4v) is 1.26. The molecular weight excluding hydrogens is 152 g/mol. The Labute approximate surface area is 72.8 Å². The normalized spacial score (nSPS) is 22.6. The van der Waals surface area contributed by atoms with E-state index in [1.165, 1.54) is 0 Å². The number of rotatable bonds is 1. The van der Waals surface area contributed by atoms with Gasteiger partial charge in [-0.1, -0.05) is 0 Å². The van der Waals surface area contributed by atoms with Crippen molar-refractivity contribution in [1.82, 2.24) is 9.80 Å². The van der Waals surface area contributed by atoms with Crippen LogP contribution in [0.25, 0.3) is 4.85 Å². The lowest BCUT2D eigenvalue weighted by Gasteiger charge is -2.30. The van der Waals surface area contributed by atoms with Gasteiger partial charge in [0.25, 0.3) is 0 Å². The van der Waals surface area contributed by atoms with Gasteiger partial charge in [-0.2, -0.15) is 5.26 Å². The van der Waals surface area contributed by atoms with E-state index >= 15 is 0 Å². The molecule has 0 N–H and O–H groups in total. The molecule has 12 heavy (non-hydrogen) atoms. The molecule has 0 aromatic carbocycles. The van der Waals surface area contributed by atoms with Crippen molar-refractivity contribution in [3.63, 3.8) is 0 Å². The number of likely N-dealkylation sites (N-methyl/N-ethyl adjacent to an activating group) is 1. The number of nitrogens with zero attached hydrogens (tertiary/aromatic N) is 4. The molecule has 0 bridgehead atoms. The minimum Gasteiger partial charge on any atom is -0.304 e. The van der Waals surface area contributed by atoms with Gasteiger partial charge in [0.2, 0.25) is 0 Å². The van der Waals surface area contributed by atoms with Crippen LogP contribution in [0.4, 0.5) is 0 Å². The van der Waals surface area contributed by atoms with Crippen LogP contribution in [-0.4, -0.2) is 49.2 Å². The zero-order chi connectivity index (χ0) is 8.97. The Morgan fingerprint density at radius 2 is 2.00 bits per heavy atom. The van der Waals surface area contributed by atoms with Gasteiger partial charge >= 0.3 is 6.17 Å². The number of nitriles is 1. The molecule has 1 fully saturated rings. The molecule has 0 radical (unpaired) electrons. The summed E-state index contributed by atoms with van der Waals surface area (Å²) in [5, 5.41) is 8.63. The molecule has 1 aliphatic heterocycles. The van der Waals surface area contributed by atoms with Crippen LogP contribution in [0.1, 0.15) is 0 Å². The molecule has 1 aliphatic rings. The molecule has 1 unspecified atom stereocenters. The summed E-state index contributed by atoms with van der Waals surface area (Å²) in [4.78, 5) is 7.38. The Hall–Kier alpha value is -1.10. The van der Waals surface area contributed by atoms with E-state index in [9.17, 15) is 0 Å². The fourth-order valence-electron chi connectivity index (χ4n) is 1.26. The Morgan fingerprint density at radius 1 is 1.42 bits per heavy atom. The summed E-state index contributed by atoms with van der Waals surface area (Å²) in [5.74, 6) is 0. The summed E-state index contributed by atoms with van der Waals surface area (Å²) in [6, 6.07) is 1.99. The largest absolute Gasteiger partial charge is 0.365 e. The first-order chi connectivity index (χ1) is 5.77. The second-order valence-corrected chi connectivity index (χ2v) is 2.97. The summed E-state index contributed by atoms with van der Waals surface area (Å²) < 4.78 is 0. The van der Waals surface area contributed by atoms with Crippen LogP contribution in [-0.2, 0) is 0 Å². The summed E-state index contributed by atoms with van der Waals surface area (Å²) in [6.45, 7) is 10.4. The standard InChI is InChI=1S/C8H12N4/c1-10-8(7-9)12-5-3-11(2)4-6-12/h8H,3-6H2,2H3. The molecule has 1 rings (SSSR count). The minimum absolute atomic E-state index is 0.571. The number of hydrogen-bond donors (Lipinski definition) is 0. The molecule has 1 heterocycles. The van der Waals surface area contributed by atoms with Gasteiger partial charge in [0.15, 0.2) is 6.07 Å². The molecule has 1 atom stereocenters. The van der Waals surface area contributed by atoms with Crippen molar-refractivity contribution in [2.75, 3.05) is 33.2 Å². The predicted molar refractivity (Wildman–Crippen MR) is 45.1 cm³/mol. The van der Waals surface area contributed by atoms with Gasteiger partial charge in [-0.05, 0) is 7.05 Å². The maximum absolute atomic E-state index is 8.63. The Kier molecular flexibility index (Phi) is 3.04. The van der Waals surface area contributed by atoms with Crippen LogP contribution >= 0.6 is 0 Å². The third kappa shape index (κ3) is 1.94. The van der Waals surface area contributed by atoms with Crippen LogP contribution in [0.3, 0.4) is 0 Å². The lowest BCUT2D eigenvalue weighted by molar-refractivity contribution is 0.147. The summed E-state index contributed by atoms with van der Waals surface area (Å²) >= 11 is 0. The van der Waals surface area contributed by atoms with Crippen LogP contribution in [0.5, 0.6) is 0 Å². The van der Waals surface area contributed by atoms with E-state index in [0.717, 1.165) is 26.2 Å². The van der Waals surface area contributed by atoms with Gasteiger partial charge in [-0.3, -0.25) is 4.85 Å². The van der Waals surface area contributed by atoms with Crippen molar-refractivity contribution in [3.8, 4) is 6.07 Å². The van der Waals surface area contributed by atoms with E-state index in [0.29, 0.717) is 0 Å². The highest BCUT2D eigenvalue weighted by molar-refractivity contribution is 4.99. The van der Waals surface area contributed by atoms with Crippen LogP contribution in [0.2, 0.25) is 0 Å². The Balaban J connectivity index is 2.45. The van der Waals surface area contributed by atoms with Gasteiger partial charge in [0.05, 0.1) is 0 Å². The van der Waals surface area contributed by atoms with Gasteiger partial charge in [-0.15, -0.1) is 0 Å². The molecule has 4 nitrogen and oxygen atoms in total. The SMILES string of the molecule is [C-]#[N+]C(C#N)N1CCN(C)CC1. The maximum atomic E-state index is 8.63. The third-order valence-corrected chi connectivity index (χ3v) is 2.12. The topological polar surface area (TPSA) is 34.6 Å². The van der Waals surface area contributed by atoms with Crippen LogP contribution in [0.15, 0.2) is 0 Å². The lowest BCUT2D eigenvalue weighted by atomic mass is 10.3. The van der Waals surface area contributed by atoms with E-state index in [1.54, 1.807) is 0 Å². The second-order valence-electron chi connectivity index (χ2n) is 2.97. The quantitative estimate of drug-likeness (QED) is 0.512. The monoisotopic (exact) mass is 164 g/mol. The van der Waals surface area contributed by atoms with Gasteiger partial charge < -0.3 is 4.90 Å². The summed E-state index contributed by atoms with van der Waals surface area (Å²) in [7, 11) is 2.05. The van der Waals surface area contributed by atoms with E-state index in [4.69, 9.17) is 11.8 Å². The van der Waals surface area contributed by atoms with Gasteiger partial charge in [0.1, 0.15) is 0 Å². The Morgan fingerprint density at radius 3 is 2.42 bits per heavy atom. The molecule has 0 aromatic rings. The molecular formula is C8H12N4. The van der Waals surface area contributed by atoms with Gasteiger partial charge in [-0.25, -0.2) is 11.5 Å². The first kappa shape index (κ1) is 8.99. The molecule has 64 valence electrons. The van der Waals surface area contributed by atoms with Gasteiger partial charge in [0, 0.05) is 26.2 Å². The van der Waals surface area contributed by atoms with Crippen molar-refractivity contribution in [2.45, 2.75) is 6.17 Å². The highest BCUT2D eigenvalue weighted by atomic mass is 15.3. The summed E-state index contributed by atoms with van der Waals surface area (Å²) in [6.07, 6.45) is -0.571. The molecule has 0 amide bonds. The average Bonchev–Trinajstić information content (AvgIpc) is 2.10. The van der Waals surface area contributed by atoms with Crippen molar-refractivity contribution >= 4 is 0 Å². The minimum atomic E-state index is -0.571. The van der Waals surface area contributed by atoms with Crippen molar-refractivity contribution in [1.29, 1.82) is 5.26 Å².